The van der Waals surface area contributed by atoms with Crippen LogP contribution in [0.5, 0.6) is 0 Å². The average Bonchev–Trinajstić information content (AvgIpc) is 3.29. The number of nitrogens with zero attached hydrogens (tertiary/aromatic N) is 3. The van der Waals surface area contributed by atoms with Crippen molar-refractivity contribution in [2.24, 2.45) is 0 Å². The summed E-state index contributed by atoms with van der Waals surface area (Å²) in [7, 11) is -9.95. The summed E-state index contributed by atoms with van der Waals surface area (Å²) in [4.78, 5) is 16.5. The number of amides is 1. The van der Waals surface area contributed by atoms with Crippen LogP contribution in [-0.4, -0.2) is 43.4 Å². The Labute approximate surface area is 193 Å². The van der Waals surface area contributed by atoms with Crippen LogP contribution in [0.4, 0.5) is 32.2 Å². The number of halogens is 6. The molecule has 2 aromatic heterocycles. The van der Waals surface area contributed by atoms with Gasteiger partial charge in [0.25, 0.3) is 15.7 Å². The minimum atomic E-state index is -5.77. The number of anilines is 1. The maximum absolute atomic E-state index is 13.1. The first-order valence-electron chi connectivity index (χ1n) is 9.57. The van der Waals surface area contributed by atoms with Crippen LogP contribution in [0, 0.1) is 0 Å². The summed E-state index contributed by atoms with van der Waals surface area (Å²) >= 11 is 0. The minimum Gasteiger partial charge on any atom is -0.289 e. The molecule has 0 saturated heterocycles. The molecule has 188 valence electrons. The van der Waals surface area contributed by atoms with Crippen LogP contribution < -0.4 is 4.90 Å². The molecule has 0 spiro atoms. The number of sulfone groups is 2. The second-order valence-electron chi connectivity index (χ2n) is 7.44. The fourth-order valence-corrected chi connectivity index (χ4v) is 5.49. The number of hydrogen-bond donors (Lipinski definition) is 0. The monoisotopic (exact) mass is 541 g/mol. The molecule has 1 aliphatic heterocycles. The van der Waals surface area contributed by atoms with Crippen LogP contribution in [0.2, 0.25) is 0 Å². The number of rotatable bonds is 4. The molecule has 1 aromatic carbocycles. The van der Waals surface area contributed by atoms with Crippen molar-refractivity contribution in [3.05, 3.63) is 53.2 Å². The summed E-state index contributed by atoms with van der Waals surface area (Å²) in [6.45, 7) is 0.861. The summed E-state index contributed by atoms with van der Waals surface area (Å²) in [6.07, 6.45) is -3.93. The van der Waals surface area contributed by atoms with Crippen LogP contribution in [0.25, 0.3) is 5.65 Å². The fraction of sp³-hybridized carbons (Fsp3) is 0.263. The predicted molar refractivity (Wildman–Crippen MR) is 108 cm³/mol. The Morgan fingerprint density at radius 3 is 2.23 bits per heavy atom. The Balaban J connectivity index is 1.88. The third-order valence-corrected chi connectivity index (χ3v) is 8.54. The van der Waals surface area contributed by atoms with Crippen molar-refractivity contribution in [1.29, 1.82) is 0 Å². The molecule has 3 aromatic rings. The van der Waals surface area contributed by atoms with E-state index in [1.54, 1.807) is 0 Å². The SMILES string of the molecule is CCS(=O)(=O)c1c(N2Cc3ccc(S(=O)(=O)C(F)(F)F)cc3C2=O)nc2cc(C(F)(F)F)ccn12. The highest BCUT2D eigenvalue weighted by molar-refractivity contribution is 7.92. The molecule has 0 bridgehead atoms. The maximum atomic E-state index is 13.1. The Hall–Kier alpha value is -3.14. The summed E-state index contributed by atoms with van der Waals surface area (Å²) in [5.74, 6) is -2.10. The van der Waals surface area contributed by atoms with Crippen LogP contribution in [0.1, 0.15) is 28.4 Å². The third kappa shape index (κ3) is 3.93. The zero-order chi connectivity index (χ0) is 26.1. The highest BCUT2D eigenvalue weighted by Gasteiger charge is 2.47. The van der Waals surface area contributed by atoms with Gasteiger partial charge in [0.1, 0.15) is 5.65 Å². The van der Waals surface area contributed by atoms with Crippen molar-refractivity contribution in [3.63, 3.8) is 0 Å². The predicted octanol–water partition coefficient (Wildman–Crippen LogP) is 3.60. The molecule has 0 radical (unpaired) electrons. The maximum Gasteiger partial charge on any atom is 0.501 e. The van der Waals surface area contributed by atoms with Crippen LogP contribution in [0.3, 0.4) is 0 Å². The number of hydrogen-bond acceptors (Lipinski definition) is 6. The minimum absolute atomic E-state index is 0.0732. The van der Waals surface area contributed by atoms with Gasteiger partial charge >= 0.3 is 11.7 Å². The quantitative estimate of drug-likeness (QED) is 0.468. The first kappa shape index (κ1) is 25.0. The van der Waals surface area contributed by atoms with E-state index in [1.165, 1.54) is 6.92 Å². The van der Waals surface area contributed by atoms with E-state index >= 15 is 0 Å². The van der Waals surface area contributed by atoms with Gasteiger partial charge in [-0.3, -0.25) is 14.1 Å². The van der Waals surface area contributed by atoms with Crippen molar-refractivity contribution in [2.45, 2.75) is 35.1 Å². The first-order valence-corrected chi connectivity index (χ1v) is 12.7. The Bertz CT molecular complexity index is 1590. The van der Waals surface area contributed by atoms with Gasteiger partial charge in [0.2, 0.25) is 0 Å². The second kappa shape index (κ2) is 7.68. The largest absolute Gasteiger partial charge is 0.501 e. The summed E-state index contributed by atoms with van der Waals surface area (Å²) in [5, 5.41) is -0.590. The average molecular weight is 541 g/mol. The number of pyridine rings is 1. The second-order valence-corrected chi connectivity index (χ2v) is 11.6. The molecule has 4 rings (SSSR count). The first-order chi connectivity index (χ1) is 16.0. The highest BCUT2D eigenvalue weighted by atomic mass is 32.2. The Kier molecular flexibility index (Phi) is 5.48. The summed E-state index contributed by atoms with van der Waals surface area (Å²) < 4.78 is 128. The zero-order valence-electron chi connectivity index (χ0n) is 17.3. The molecular formula is C19H13F6N3O5S2. The van der Waals surface area contributed by atoms with E-state index in [-0.39, 0.29) is 5.56 Å². The van der Waals surface area contributed by atoms with Gasteiger partial charge in [-0.25, -0.2) is 21.8 Å². The third-order valence-electron chi connectivity index (χ3n) is 5.32. The van der Waals surface area contributed by atoms with E-state index in [1.807, 2.05) is 0 Å². The van der Waals surface area contributed by atoms with Gasteiger partial charge in [0.15, 0.2) is 20.7 Å². The number of imidazole rings is 1. The molecule has 0 N–H and O–H groups in total. The molecule has 0 aliphatic carbocycles. The molecule has 8 nitrogen and oxygen atoms in total. The van der Waals surface area contributed by atoms with Gasteiger partial charge < -0.3 is 0 Å². The van der Waals surface area contributed by atoms with Gasteiger partial charge in [-0.15, -0.1) is 0 Å². The topological polar surface area (TPSA) is 106 Å². The van der Waals surface area contributed by atoms with Crippen molar-refractivity contribution < 1.29 is 48.0 Å². The van der Waals surface area contributed by atoms with Gasteiger partial charge in [-0.2, -0.15) is 26.3 Å². The van der Waals surface area contributed by atoms with Crippen LogP contribution >= 0.6 is 0 Å². The molecule has 3 heterocycles. The molecule has 0 atom stereocenters. The lowest BCUT2D eigenvalue weighted by atomic mass is 10.1. The van der Waals surface area contributed by atoms with E-state index in [4.69, 9.17) is 0 Å². The number of alkyl halides is 6. The molecule has 0 unspecified atom stereocenters. The molecule has 1 aliphatic rings. The fourth-order valence-electron chi connectivity index (χ4n) is 3.54. The lowest BCUT2D eigenvalue weighted by Gasteiger charge is -2.14. The Morgan fingerprint density at radius 2 is 1.66 bits per heavy atom. The number of carbonyl (C=O) groups excluding carboxylic acids is 1. The highest BCUT2D eigenvalue weighted by Crippen LogP contribution is 2.38. The normalized spacial score (nSPS) is 15.2. The lowest BCUT2D eigenvalue weighted by molar-refractivity contribution is -0.137. The van der Waals surface area contributed by atoms with E-state index in [9.17, 15) is 48.0 Å². The summed E-state index contributed by atoms with van der Waals surface area (Å²) in [6, 6.07) is 3.35. The van der Waals surface area contributed by atoms with Crippen molar-refractivity contribution >= 4 is 37.0 Å². The van der Waals surface area contributed by atoms with Gasteiger partial charge in [0, 0.05) is 11.8 Å². The van der Waals surface area contributed by atoms with Crippen molar-refractivity contribution in [1.82, 2.24) is 9.38 Å². The number of aromatic nitrogens is 2. The van der Waals surface area contributed by atoms with Gasteiger partial charge in [0.05, 0.1) is 22.8 Å². The lowest BCUT2D eigenvalue weighted by Crippen LogP contribution is -2.26. The van der Waals surface area contributed by atoms with Gasteiger partial charge in [-0.1, -0.05) is 13.0 Å². The molecule has 16 heteroatoms. The van der Waals surface area contributed by atoms with Crippen molar-refractivity contribution in [2.75, 3.05) is 10.7 Å². The smallest absolute Gasteiger partial charge is 0.289 e. The molecule has 35 heavy (non-hydrogen) atoms. The van der Waals surface area contributed by atoms with E-state index < -0.39 is 82.1 Å². The van der Waals surface area contributed by atoms with Gasteiger partial charge in [-0.05, 0) is 29.8 Å². The molecule has 0 fully saturated rings. The molecular weight excluding hydrogens is 528 g/mol. The van der Waals surface area contributed by atoms with E-state index in [0.717, 1.165) is 21.6 Å². The molecule has 0 saturated carbocycles. The van der Waals surface area contributed by atoms with Crippen LogP contribution in [-0.2, 0) is 32.4 Å². The van der Waals surface area contributed by atoms with Crippen LogP contribution in [0.15, 0.2) is 46.5 Å². The Morgan fingerprint density at radius 1 is 1.00 bits per heavy atom. The number of benzene rings is 1. The number of carbonyl (C=O) groups is 1. The van der Waals surface area contributed by atoms with E-state index in [2.05, 4.69) is 4.98 Å². The van der Waals surface area contributed by atoms with E-state index in [0.29, 0.717) is 24.3 Å². The summed E-state index contributed by atoms with van der Waals surface area (Å²) in [5.41, 5.74) is -7.55. The standard InChI is InChI=1S/C19H13F6N3O5S2/c1-2-34(30,31)17-15(26-14-7-11(18(20,21)22)5-6-27(14)17)28-9-10-3-4-12(8-13(10)16(28)29)35(32,33)19(23,24)25/h3-8H,2,9H2,1H3. The van der Waals surface area contributed by atoms with Crippen molar-refractivity contribution in [3.8, 4) is 0 Å². The number of fused-ring (bicyclic) bond motifs is 2. The molecule has 1 amide bonds. The zero-order valence-corrected chi connectivity index (χ0v) is 19.0.